The Kier molecular flexibility index (Phi) is 2.23. The molecule has 13 heavy (non-hydrogen) atoms. The lowest BCUT2D eigenvalue weighted by Crippen LogP contribution is -2.17. The molecule has 0 aliphatic rings. The Bertz CT molecular complexity index is 316. The highest BCUT2D eigenvalue weighted by molar-refractivity contribution is 5.29. The van der Waals surface area contributed by atoms with Gasteiger partial charge in [0.25, 0.3) is 0 Å². The zero-order valence-electron chi connectivity index (χ0n) is 7.18. The molecule has 74 valence electrons. The van der Waals surface area contributed by atoms with Crippen molar-refractivity contribution < 1.29 is 18.3 Å². The van der Waals surface area contributed by atoms with Gasteiger partial charge in [0.2, 0.25) is 5.88 Å². The fourth-order valence-corrected chi connectivity index (χ4v) is 1.04. The van der Waals surface area contributed by atoms with Crippen molar-refractivity contribution in [2.24, 2.45) is 0 Å². The van der Waals surface area contributed by atoms with Gasteiger partial charge in [-0.2, -0.15) is 5.10 Å². The predicted octanol–water partition coefficient (Wildman–Crippen LogP) is 1.94. The number of halogens is 3. The van der Waals surface area contributed by atoms with Crippen LogP contribution in [0.2, 0.25) is 0 Å². The molecule has 0 spiro atoms. The molecule has 0 aromatic carbocycles. The Morgan fingerprint density at radius 1 is 1.46 bits per heavy atom. The Morgan fingerprint density at radius 2 is 2.00 bits per heavy atom. The molecule has 0 bridgehead atoms. The number of rotatable bonds is 1. The van der Waals surface area contributed by atoms with Crippen LogP contribution in [-0.4, -0.2) is 14.9 Å². The highest BCUT2D eigenvalue weighted by Crippen LogP contribution is 2.30. The highest BCUT2D eigenvalue weighted by atomic mass is 19.4. The molecule has 0 aliphatic carbocycles. The fourth-order valence-electron chi connectivity index (χ4n) is 1.04. The Labute approximate surface area is 72.8 Å². The quantitative estimate of drug-likeness (QED) is 0.741. The van der Waals surface area contributed by atoms with Crippen molar-refractivity contribution in [3.63, 3.8) is 0 Å². The van der Waals surface area contributed by atoms with E-state index in [4.69, 9.17) is 5.11 Å². The second kappa shape index (κ2) is 2.93. The maximum absolute atomic E-state index is 12.1. The van der Waals surface area contributed by atoms with E-state index in [1.807, 2.05) is 0 Å². The van der Waals surface area contributed by atoms with E-state index in [0.717, 1.165) is 0 Å². The average molecular weight is 194 g/mol. The van der Waals surface area contributed by atoms with Gasteiger partial charge in [-0.25, -0.2) is 0 Å². The van der Waals surface area contributed by atoms with Gasteiger partial charge in [0.15, 0.2) is 0 Å². The number of aryl methyl sites for hydroxylation is 1. The van der Waals surface area contributed by atoms with Gasteiger partial charge in [0.05, 0.1) is 5.69 Å². The van der Waals surface area contributed by atoms with Gasteiger partial charge in [-0.3, -0.25) is 0 Å². The maximum Gasteiger partial charge on any atom is 0.507 e. The summed E-state index contributed by atoms with van der Waals surface area (Å²) in [5.74, 6) is -0.829. The SMILES string of the molecule is CCc1nn(C(F)(F)F)c(O)c1C. The van der Waals surface area contributed by atoms with Crippen LogP contribution in [-0.2, 0) is 12.7 Å². The highest BCUT2D eigenvalue weighted by Gasteiger charge is 2.36. The minimum Gasteiger partial charge on any atom is -0.493 e. The summed E-state index contributed by atoms with van der Waals surface area (Å²) in [4.78, 5) is 0. The van der Waals surface area contributed by atoms with Crippen LogP contribution in [0.4, 0.5) is 13.2 Å². The van der Waals surface area contributed by atoms with Crippen LogP contribution in [0.5, 0.6) is 5.88 Å². The van der Waals surface area contributed by atoms with Crippen molar-refractivity contribution in [1.29, 1.82) is 0 Å². The summed E-state index contributed by atoms with van der Waals surface area (Å²) in [7, 11) is 0. The van der Waals surface area contributed by atoms with E-state index in [1.54, 1.807) is 6.92 Å². The van der Waals surface area contributed by atoms with E-state index in [-0.39, 0.29) is 15.9 Å². The number of aromatic nitrogens is 2. The molecule has 6 heteroatoms. The maximum atomic E-state index is 12.1. The van der Waals surface area contributed by atoms with Crippen LogP contribution >= 0.6 is 0 Å². The molecule has 0 unspecified atom stereocenters. The van der Waals surface area contributed by atoms with Gasteiger partial charge in [-0.05, 0) is 13.3 Å². The molecule has 1 rings (SSSR count). The van der Waals surface area contributed by atoms with Crippen molar-refractivity contribution in [1.82, 2.24) is 9.78 Å². The molecule has 0 amide bonds. The summed E-state index contributed by atoms with van der Waals surface area (Å²) in [5.41, 5.74) is 0.439. The first-order valence-corrected chi connectivity index (χ1v) is 3.72. The normalized spacial score (nSPS) is 12.1. The standard InChI is InChI=1S/C7H9F3N2O/c1-3-5-4(2)6(13)12(11-5)7(8,9)10/h13H,3H2,1-2H3. The first-order chi connectivity index (χ1) is 5.88. The van der Waals surface area contributed by atoms with Crippen molar-refractivity contribution in [2.45, 2.75) is 26.6 Å². The third kappa shape index (κ3) is 1.61. The summed E-state index contributed by atoms with van der Waals surface area (Å²) in [6.07, 6.45) is -4.29. The van der Waals surface area contributed by atoms with Gasteiger partial charge < -0.3 is 5.11 Å². The summed E-state index contributed by atoms with van der Waals surface area (Å²) in [6.45, 7) is 3.08. The topological polar surface area (TPSA) is 38.0 Å². The van der Waals surface area contributed by atoms with Gasteiger partial charge in [0.1, 0.15) is 0 Å². The van der Waals surface area contributed by atoms with Gasteiger partial charge in [0, 0.05) is 5.56 Å². The Morgan fingerprint density at radius 3 is 2.23 bits per heavy atom. The van der Waals surface area contributed by atoms with Crippen LogP contribution in [0.15, 0.2) is 0 Å². The molecule has 0 fully saturated rings. The monoisotopic (exact) mass is 194 g/mol. The van der Waals surface area contributed by atoms with Crippen molar-refractivity contribution in [2.75, 3.05) is 0 Å². The Balaban J connectivity index is 3.25. The van der Waals surface area contributed by atoms with Crippen LogP contribution < -0.4 is 0 Å². The molecule has 0 saturated heterocycles. The lowest BCUT2D eigenvalue weighted by molar-refractivity contribution is -0.215. The first-order valence-electron chi connectivity index (χ1n) is 3.72. The number of alkyl halides is 3. The molecule has 1 N–H and O–H groups in total. The zero-order valence-corrected chi connectivity index (χ0v) is 7.18. The number of hydrogen-bond donors (Lipinski definition) is 1. The summed E-state index contributed by atoms with van der Waals surface area (Å²) < 4.78 is 36.0. The second-order valence-electron chi connectivity index (χ2n) is 2.63. The molecular formula is C7H9F3N2O. The average Bonchev–Trinajstić information content (AvgIpc) is 2.28. The molecule has 0 radical (unpaired) electrons. The molecule has 3 nitrogen and oxygen atoms in total. The van der Waals surface area contributed by atoms with Crippen LogP contribution in [0, 0.1) is 6.92 Å². The lowest BCUT2D eigenvalue weighted by Gasteiger charge is -2.05. The van der Waals surface area contributed by atoms with Crippen molar-refractivity contribution in [3.05, 3.63) is 11.3 Å². The first kappa shape index (κ1) is 9.88. The lowest BCUT2D eigenvalue weighted by atomic mass is 10.2. The van der Waals surface area contributed by atoms with Crippen LogP contribution in [0.25, 0.3) is 0 Å². The molecule has 1 aromatic heterocycles. The van der Waals surface area contributed by atoms with E-state index >= 15 is 0 Å². The van der Waals surface area contributed by atoms with Crippen LogP contribution in [0.3, 0.4) is 0 Å². The summed E-state index contributed by atoms with van der Waals surface area (Å²) in [5, 5.41) is 12.3. The smallest absolute Gasteiger partial charge is 0.493 e. The van der Waals surface area contributed by atoms with E-state index < -0.39 is 12.2 Å². The predicted molar refractivity (Wildman–Crippen MR) is 39.3 cm³/mol. The molecule has 1 aromatic rings. The molecular weight excluding hydrogens is 185 g/mol. The zero-order chi connectivity index (χ0) is 10.2. The van der Waals surface area contributed by atoms with Gasteiger partial charge in [-0.15, -0.1) is 17.9 Å². The van der Waals surface area contributed by atoms with Crippen molar-refractivity contribution >= 4 is 0 Å². The summed E-state index contributed by atoms with van der Waals surface area (Å²) in [6, 6.07) is 0. The van der Waals surface area contributed by atoms with E-state index in [9.17, 15) is 13.2 Å². The van der Waals surface area contributed by atoms with E-state index in [0.29, 0.717) is 6.42 Å². The fraction of sp³-hybridized carbons (Fsp3) is 0.571. The molecule has 0 saturated carbocycles. The second-order valence-corrected chi connectivity index (χ2v) is 2.63. The molecule has 1 heterocycles. The van der Waals surface area contributed by atoms with Gasteiger partial charge >= 0.3 is 6.30 Å². The Hall–Kier alpha value is -1.20. The molecule has 0 aliphatic heterocycles. The van der Waals surface area contributed by atoms with E-state index in [2.05, 4.69) is 5.10 Å². The summed E-state index contributed by atoms with van der Waals surface area (Å²) >= 11 is 0. The van der Waals surface area contributed by atoms with E-state index in [1.165, 1.54) is 6.92 Å². The third-order valence-electron chi connectivity index (χ3n) is 1.76. The number of hydrogen-bond acceptors (Lipinski definition) is 2. The largest absolute Gasteiger partial charge is 0.507 e. The third-order valence-corrected chi connectivity index (χ3v) is 1.76. The number of aromatic hydroxyl groups is 1. The minimum absolute atomic E-state index is 0.180. The van der Waals surface area contributed by atoms with Crippen LogP contribution in [0.1, 0.15) is 18.2 Å². The molecule has 0 atom stereocenters. The minimum atomic E-state index is -4.65. The number of nitrogens with zero attached hydrogens (tertiary/aromatic N) is 2. The van der Waals surface area contributed by atoms with Crippen molar-refractivity contribution in [3.8, 4) is 5.88 Å². The van der Waals surface area contributed by atoms with Gasteiger partial charge in [-0.1, -0.05) is 6.92 Å².